The van der Waals surface area contributed by atoms with Crippen molar-refractivity contribution in [3.63, 3.8) is 0 Å². The molecule has 0 bridgehead atoms. The molecule has 83 valence electrons. The van der Waals surface area contributed by atoms with Crippen molar-refractivity contribution in [2.24, 2.45) is 0 Å². The quantitative estimate of drug-likeness (QED) is 0.530. The lowest BCUT2D eigenvalue weighted by Crippen LogP contribution is -1.78. The van der Waals surface area contributed by atoms with E-state index in [-0.39, 0.29) is 0 Å². The Hall–Kier alpha value is -0.0900. The summed E-state index contributed by atoms with van der Waals surface area (Å²) < 4.78 is 0. The number of allylic oxidation sites excluding steroid dienone is 4. The van der Waals surface area contributed by atoms with Gasteiger partial charge in [-0.2, -0.15) is 0 Å². The third-order valence-electron chi connectivity index (χ3n) is 3.32. The first-order chi connectivity index (χ1) is 7.45. The van der Waals surface area contributed by atoms with Gasteiger partial charge in [-0.15, -0.1) is 0 Å². The van der Waals surface area contributed by atoms with Gasteiger partial charge in [-0.1, -0.05) is 25.0 Å². The highest BCUT2D eigenvalue weighted by molar-refractivity contribution is 7.47. The van der Waals surface area contributed by atoms with Crippen molar-refractivity contribution in [1.82, 2.24) is 0 Å². The predicted octanol–water partition coefficient (Wildman–Crippen LogP) is 5.63. The molecule has 0 nitrogen and oxygen atoms in total. The zero-order valence-corrected chi connectivity index (χ0v) is 10.6. The molecular weight excluding hydrogens is 199 g/mol. The minimum absolute atomic E-state index is 1.33. The molecule has 0 aromatic heterocycles. The normalized spacial score (nSPS) is 23.7. The third-order valence-corrected chi connectivity index (χ3v) is 4.71. The summed E-state index contributed by atoms with van der Waals surface area (Å²) >= 11 is 0. The van der Waals surface area contributed by atoms with E-state index in [9.17, 15) is 0 Å². The number of hydrogen-bond acceptors (Lipinski definition) is 0. The molecule has 1 heteroatoms. The molecule has 0 heterocycles. The Morgan fingerprint density at radius 1 is 0.667 bits per heavy atom. The van der Waals surface area contributed by atoms with Crippen LogP contribution >= 0.6 is 8.58 Å². The van der Waals surface area contributed by atoms with Crippen molar-refractivity contribution in [2.75, 3.05) is 0 Å². The van der Waals surface area contributed by atoms with Gasteiger partial charge in [0, 0.05) is 0 Å². The van der Waals surface area contributed by atoms with E-state index >= 15 is 0 Å². The molecule has 0 unspecified atom stereocenters. The zero-order chi connectivity index (χ0) is 10.3. The molecule has 0 fully saturated rings. The Labute approximate surface area is 96.0 Å². The Morgan fingerprint density at radius 2 is 1.20 bits per heavy atom. The van der Waals surface area contributed by atoms with Crippen molar-refractivity contribution >= 4 is 8.58 Å². The van der Waals surface area contributed by atoms with Crippen LogP contribution in [-0.4, -0.2) is 0 Å². The molecule has 2 aliphatic rings. The molecule has 0 saturated heterocycles. The van der Waals surface area contributed by atoms with Crippen LogP contribution in [0, 0.1) is 0 Å². The van der Waals surface area contributed by atoms with E-state index in [2.05, 4.69) is 12.2 Å². The third kappa shape index (κ3) is 4.11. The van der Waals surface area contributed by atoms with Crippen LogP contribution in [0.4, 0.5) is 0 Å². The van der Waals surface area contributed by atoms with Crippen LogP contribution in [-0.2, 0) is 0 Å². The lowest BCUT2D eigenvalue weighted by atomic mass is 10.2. The summed E-state index contributed by atoms with van der Waals surface area (Å²) in [7, 11) is 1.57. The molecule has 0 aliphatic heterocycles. The van der Waals surface area contributed by atoms with Crippen LogP contribution in [0.15, 0.2) is 22.8 Å². The van der Waals surface area contributed by atoms with Gasteiger partial charge < -0.3 is 0 Å². The van der Waals surface area contributed by atoms with Crippen LogP contribution < -0.4 is 0 Å². The highest BCUT2D eigenvalue weighted by atomic mass is 31.1. The molecule has 0 aromatic carbocycles. The minimum atomic E-state index is 1.33. The highest BCUT2D eigenvalue weighted by Gasteiger charge is 2.08. The molecule has 2 rings (SSSR count). The largest absolute Gasteiger partial charge is 0.0802 e. The lowest BCUT2D eigenvalue weighted by molar-refractivity contribution is 0.714. The van der Waals surface area contributed by atoms with Crippen LogP contribution in [0.1, 0.15) is 64.2 Å². The summed E-state index contributed by atoms with van der Waals surface area (Å²) in [5, 5.41) is 3.42. The van der Waals surface area contributed by atoms with E-state index in [0.717, 1.165) is 0 Å². The fraction of sp³-hybridized carbons (Fsp3) is 0.714. The molecule has 0 spiro atoms. The SMILES string of the molecule is C1=C([P]C2=CCCCCC2)CCCCC1. The van der Waals surface area contributed by atoms with Gasteiger partial charge >= 0.3 is 0 Å². The van der Waals surface area contributed by atoms with E-state index in [0.29, 0.717) is 0 Å². The maximum Gasteiger partial charge on any atom is -0.0196 e. The van der Waals surface area contributed by atoms with E-state index < -0.39 is 0 Å². The molecule has 15 heavy (non-hydrogen) atoms. The molecule has 0 atom stereocenters. The smallest absolute Gasteiger partial charge is 0.0196 e. The Kier molecular flexibility index (Phi) is 4.93. The summed E-state index contributed by atoms with van der Waals surface area (Å²) in [5.74, 6) is 0. The number of rotatable bonds is 2. The molecule has 1 radical (unpaired) electrons. The Balaban J connectivity index is 1.88. The first-order valence-electron chi connectivity index (χ1n) is 6.55. The monoisotopic (exact) mass is 221 g/mol. The maximum atomic E-state index is 2.51. The van der Waals surface area contributed by atoms with Gasteiger partial charge in [-0.25, -0.2) is 0 Å². The average Bonchev–Trinajstić information content (AvgIpc) is 2.63. The highest BCUT2D eigenvalue weighted by Crippen LogP contribution is 2.41. The number of hydrogen-bond donors (Lipinski definition) is 0. The molecule has 2 aliphatic carbocycles. The van der Waals surface area contributed by atoms with Gasteiger partial charge in [0.25, 0.3) is 0 Å². The van der Waals surface area contributed by atoms with Crippen molar-refractivity contribution in [3.05, 3.63) is 22.8 Å². The van der Waals surface area contributed by atoms with Gasteiger partial charge in [0.2, 0.25) is 0 Å². The predicted molar refractivity (Wildman–Crippen MR) is 69.3 cm³/mol. The van der Waals surface area contributed by atoms with Crippen LogP contribution in [0.25, 0.3) is 0 Å². The summed E-state index contributed by atoms with van der Waals surface area (Å²) in [5.41, 5.74) is 0. The average molecular weight is 221 g/mol. The second-order valence-corrected chi connectivity index (χ2v) is 6.07. The molecule has 0 amide bonds. The second-order valence-electron chi connectivity index (χ2n) is 4.70. The Bertz CT molecular complexity index is 224. The fourth-order valence-corrected chi connectivity index (χ4v) is 3.73. The topological polar surface area (TPSA) is 0 Å². The summed E-state index contributed by atoms with van der Waals surface area (Å²) in [6.07, 6.45) is 19.0. The van der Waals surface area contributed by atoms with Crippen LogP contribution in [0.3, 0.4) is 0 Å². The molecule has 0 N–H and O–H groups in total. The van der Waals surface area contributed by atoms with Gasteiger partial charge in [0.15, 0.2) is 0 Å². The standard InChI is InChI=1S/C14H22P/c1-2-6-10-13(9-5-1)15-14-11-7-3-4-8-12-14/h9,11H,1-8,10,12H2. The van der Waals surface area contributed by atoms with E-state index in [1.54, 1.807) is 19.2 Å². The van der Waals surface area contributed by atoms with E-state index in [1.165, 1.54) is 64.2 Å². The first kappa shape index (κ1) is 11.4. The van der Waals surface area contributed by atoms with Gasteiger partial charge in [-0.3, -0.25) is 0 Å². The lowest BCUT2D eigenvalue weighted by Gasteiger charge is -2.07. The van der Waals surface area contributed by atoms with E-state index in [1.807, 2.05) is 0 Å². The maximum absolute atomic E-state index is 2.51. The van der Waals surface area contributed by atoms with Crippen molar-refractivity contribution < 1.29 is 0 Å². The van der Waals surface area contributed by atoms with Crippen molar-refractivity contribution in [2.45, 2.75) is 64.2 Å². The molecular formula is C14H22P. The van der Waals surface area contributed by atoms with Crippen molar-refractivity contribution in [3.8, 4) is 0 Å². The summed E-state index contributed by atoms with van der Waals surface area (Å²) in [6.45, 7) is 0. The van der Waals surface area contributed by atoms with Crippen LogP contribution in [0.2, 0.25) is 0 Å². The molecule has 0 saturated carbocycles. The zero-order valence-electron chi connectivity index (χ0n) is 9.67. The first-order valence-corrected chi connectivity index (χ1v) is 7.44. The summed E-state index contributed by atoms with van der Waals surface area (Å²) in [4.78, 5) is 0. The molecule has 0 aromatic rings. The van der Waals surface area contributed by atoms with Gasteiger partial charge in [-0.05, 0) is 70.6 Å². The Morgan fingerprint density at radius 3 is 1.73 bits per heavy atom. The minimum Gasteiger partial charge on any atom is -0.0802 e. The van der Waals surface area contributed by atoms with Gasteiger partial charge in [0.1, 0.15) is 0 Å². The fourth-order valence-electron chi connectivity index (χ4n) is 2.38. The van der Waals surface area contributed by atoms with Crippen LogP contribution in [0.5, 0.6) is 0 Å². The second kappa shape index (κ2) is 6.48. The summed E-state index contributed by atoms with van der Waals surface area (Å²) in [6, 6.07) is 0. The van der Waals surface area contributed by atoms with Crippen molar-refractivity contribution in [1.29, 1.82) is 0 Å². The van der Waals surface area contributed by atoms with Gasteiger partial charge in [0.05, 0.1) is 0 Å². The van der Waals surface area contributed by atoms with E-state index in [4.69, 9.17) is 0 Å².